The van der Waals surface area contributed by atoms with Crippen molar-refractivity contribution in [3.8, 4) is 0 Å². The third-order valence-corrected chi connectivity index (χ3v) is 2.37. The van der Waals surface area contributed by atoms with Crippen molar-refractivity contribution in [1.82, 2.24) is 4.90 Å². The predicted molar refractivity (Wildman–Crippen MR) is 51.9 cm³/mol. The first-order valence-corrected chi connectivity index (χ1v) is 4.99. The molecule has 0 spiro atoms. The van der Waals surface area contributed by atoms with E-state index in [4.69, 9.17) is 27.9 Å². The summed E-state index contributed by atoms with van der Waals surface area (Å²) >= 11 is 11.1. The molecule has 0 radical (unpaired) electrons. The maximum Gasteiger partial charge on any atom is 0.0837 e. The molecule has 0 aliphatic carbocycles. The Morgan fingerprint density at radius 2 is 2.42 bits per heavy atom. The monoisotopic (exact) mass is 209 g/mol. The molecule has 12 heavy (non-hydrogen) atoms. The van der Waals surface area contributed by atoms with Gasteiger partial charge in [0, 0.05) is 31.0 Å². The molecule has 0 saturated carbocycles. The van der Waals surface area contributed by atoms with Gasteiger partial charge >= 0.3 is 0 Å². The van der Waals surface area contributed by atoms with Crippen molar-refractivity contribution in [2.24, 2.45) is 0 Å². The fourth-order valence-electron chi connectivity index (χ4n) is 1.23. The highest BCUT2D eigenvalue weighted by molar-refractivity contribution is 6.25. The van der Waals surface area contributed by atoms with Gasteiger partial charge in [-0.2, -0.15) is 0 Å². The summed E-state index contributed by atoms with van der Waals surface area (Å²) < 4.78 is 5.41. The van der Waals surface area contributed by atoms with Crippen molar-refractivity contribution in [1.29, 1.82) is 0 Å². The fourth-order valence-corrected chi connectivity index (χ4v) is 1.49. The van der Waals surface area contributed by atoms with Crippen LogP contribution >= 0.6 is 23.2 Å². The number of rotatable bonds is 3. The predicted octanol–water partition coefficient (Wildman–Crippen LogP) is 1.68. The van der Waals surface area contributed by atoms with Crippen LogP contribution in [0.1, 0.15) is 0 Å². The van der Waals surface area contributed by atoms with E-state index < -0.39 is 0 Å². The van der Waals surface area contributed by atoms with Crippen LogP contribution in [-0.4, -0.2) is 43.1 Å². The molecule has 0 N–H and O–H groups in total. The van der Waals surface area contributed by atoms with E-state index in [-0.39, 0.29) is 6.10 Å². The Balaban J connectivity index is 2.25. The first-order valence-electron chi connectivity index (χ1n) is 4.02. The van der Waals surface area contributed by atoms with Gasteiger partial charge in [-0.25, -0.2) is 0 Å². The van der Waals surface area contributed by atoms with Crippen LogP contribution in [-0.2, 0) is 4.74 Å². The molecule has 4 heteroatoms. The number of hydrogen-bond acceptors (Lipinski definition) is 2. The van der Waals surface area contributed by atoms with E-state index in [1.165, 1.54) is 0 Å². The third-order valence-electron chi connectivity index (χ3n) is 1.85. The molecule has 1 unspecified atom stereocenters. The number of halogens is 2. The zero-order valence-corrected chi connectivity index (χ0v) is 8.39. The van der Waals surface area contributed by atoms with Crippen molar-refractivity contribution in [2.75, 3.05) is 32.1 Å². The molecule has 1 saturated heterocycles. The maximum atomic E-state index is 5.68. The van der Waals surface area contributed by atoms with Gasteiger partial charge in [-0.1, -0.05) is 17.7 Å². The van der Waals surface area contributed by atoms with Gasteiger partial charge in [0.25, 0.3) is 0 Å². The molecule has 0 aromatic heterocycles. The molecular weight excluding hydrogens is 197 g/mol. The molecule has 0 bridgehead atoms. The van der Waals surface area contributed by atoms with Crippen LogP contribution in [0.2, 0.25) is 0 Å². The lowest BCUT2D eigenvalue weighted by atomic mass is 10.3. The molecule has 0 aromatic rings. The Labute approximate surface area is 83.1 Å². The van der Waals surface area contributed by atoms with E-state index in [0.29, 0.717) is 5.88 Å². The molecule has 0 amide bonds. The lowest BCUT2D eigenvalue weighted by Gasteiger charge is -2.30. The number of morpholine rings is 1. The van der Waals surface area contributed by atoms with E-state index in [9.17, 15) is 0 Å². The highest BCUT2D eigenvalue weighted by Gasteiger charge is 2.17. The van der Waals surface area contributed by atoms with Crippen molar-refractivity contribution in [3.63, 3.8) is 0 Å². The Hall–Kier alpha value is 0.240. The van der Waals surface area contributed by atoms with Crippen molar-refractivity contribution < 1.29 is 4.74 Å². The van der Waals surface area contributed by atoms with Crippen molar-refractivity contribution >= 4 is 23.2 Å². The second-order valence-electron chi connectivity index (χ2n) is 2.77. The molecule has 1 rings (SSSR count). The Morgan fingerprint density at radius 1 is 1.58 bits per heavy atom. The van der Waals surface area contributed by atoms with Crippen LogP contribution in [0.15, 0.2) is 11.6 Å². The van der Waals surface area contributed by atoms with Crippen LogP contribution in [0.4, 0.5) is 0 Å². The van der Waals surface area contributed by atoms with Crippen LogP contribution in [0.5, 0.6) is 0 Å². The van der Waals surface area contributed by atoms with Gasteiger partial charge < -0.3 is 4.74 Å². The van der Waals surface area contributed by atoms with Gasteiger partial charge in [0.1, 0.15) is 0 Å². The maximum absolute atomic E-state index is 5.68. The fraction of sp³-hybridized carbons (Fsp3) is 0.750. The zero-order chi connectivity index (χ0) is 8.81. The minimum atomic E-state index is 0.184. The number of hydrogen-bond donors (Lipinski definition) is 0. The summed E-state index contributed by atoms with van der Waals surface area (Å²) in [6, 6.07) is 0. The first kappa shape index (κ1) is 10.3. The van der Waals surface area contributed by atoms with Crippen LogP contribution in [0.3, 0.4) is 0 Å². The highest BCUT2D eigenvalue weighted by atomic mass is 35.5. The van der Waals surface area contributed by atoms with E-state index in [1.807, 2.05) is 6.08 Å². The number of nitrogens with zero attached hydrogens (tertiary/aromatic N) is 1. The topological polar surface area (TPSA) is 12.5 Å². The summed E-state index contributed by atoms with van der Waals surface area (Å²) in [4.78, 5) is 2.27. The van der Waals surface area contributed by atoms with E-state index in [0.717, 1.165) is 26.2 Å². The van der Waals surface area contributed by atoms with Gasteiger partial charge in [-0.3, -0.25) is 4.90 Å². The van der Waals surface area contributed by atoms with Gasteiger partial charge in [-0.05, 0) is 0 Å². The van der Waals surface area contributed by atoms with Crippen LogP contribution < -0.4 is 0 Å². The standard InChI is InChI=1S/C8H13Cl2NO/c9-2-1-3-11-4-5-12-8(6-10)7-11/h1-2,8H,3-7H2/b2-1+. The minimum absolute atomic E-state index is 0.184. The van der Waals surface area contributed by atoms with Crippen molar-refractivity contribution in [2.45, 2.75) is 6.10 Å². The van der Waals surface area contributed by atoms with Crippen LogP contribution in [0.25, 0.3) is 0 Å². The molecule has 1 aliphatic rings. The largest absolute Gasteiger partial charge is 0.374 e. The zero-order valence-electron chi connectivity index (χ0n) is 6.88. The van der Waals surface area contributed by atoms with E-state index in [2.05, 4.69) is 4.90 Å². The number of alkyl halides is 1. The van der Waals surface area contributed by atoms with Crippen molar-refractivity contribution in [3.05, 3.63) is 11.6 Å². The second-order valence-corrected chi connectivity index (χ2v) is 3.33. The number of ether oxygens (including phenoxy) is 1. The van der Waals surface area contributed by atoms with Gasteiger partial charge in [0.05, 0.1) is 12.7 Å². The van der Waals surface area contributed by atoms with E-state index in [1.54, 1.807) is 5.54 Å². The molecule has 70 valence electrons. The normalized spacial score (nSPS) is 26.7. The smallest absolute Gasteiger partial charge is 0.0837 e. The van der Waals surface area contributed by atoms with Gasteiger partial charge in [0.2, 0.25) is 0 Å². The average Bonchev–Trinajstić information content (AvgIpc) is 2.15. The quantitative estimate of drug-likeness (QED) is 0.657. The van der Waals surface area contributed by atoms with Crippen LogP contribution in [0, 0.1) is 0 Å². The summed E-state index contributed by atoms with van der Waals surface area (Å²) in [5.74, 6) is 0.571. The molecule has 1 atom stereocenters. The molecule has 2 nitrogen and oxygen atoms in total. The SMILES string of the molecule is Cl/C=C/CN1CCOC(CCl)C1. The molecule has 1 aliphatic heterocycles. The minimum Gasteiger partial charge on any atom is -0.374 e. The Bertz CT molecular complexity index is 152. The molecular formula is C8H13Cl2NO. The summed E-state index contributed by atoms with van der Waals surface area (Å²) in [6.07, 6.45) is 2.11. The average molecular weight is 210 g/mol. The van der Waals surface area contributed by atoms with Gasteiger partial charge in [-0.15, -0.1) is 11.6 Å². The lowest BCUT2D eigenvalue weighted by molar-refractivity contribution is -0.0121. The first-order chi connectivity index (χ1) is 5.86. The molecule has 0 aromatic carbocycles. The Morgan fingerprint density at radius 3 is 3.08 bits per heavy atom. The summed E-state index contributed by atoms with van der Waals surface area (Å²) in [5.41, 5.74) is 1.55. The molecule has 1 heterocycles. The molecule has 1 fully saturated rings. The Kier molecular flexibility index (Phi) is 5.00. The van der Waals surface area contributed by atoms with Gasteiger partial charge in [0.15, 0.2) is 0 Å². The summed E-state index contributed by atoms with van der Waals surface area (Å²) in [5, 5.41) is 0. The van der Waals surface area contributed by atoms with E-state index >= 15 is 0 Å². The summed E-state index contributed by atoms with van der Waals surface area (Å²) in [7, 11) is 0. The lowest BCUT2D eigenvalue weighted by Crippen LogP contribution is -2.43. The highest BCUT2D eigenvalue weighted by Crippen LogP contribution is 2.06. The third kappa shape index (κ3) is 3.31. The second kappa shape index (κ2) is 5.81. The summed E-state index contributed by atoms with van der Waals surface area (Å²) in [6.45, 7) is 3.53.